The molecule has 2 aromatic carbocycles. The minimum Gasteiger partial charge on any atom is -0.489 e. The average Bonchev–Trinajstić information content (AvgIpc) is 2.47. The molecule has 3 heteroatoms. The van der Waals surface area contributed by atoms with Crippen LogP contribution in [0.15, 0.2) is 54.6 Å². The van der Waals surface area contributed by atoms with Gasteiger partial charge in [0.1, 0.15) is 12.4 Å². The van der Waals surface area contributed by atoms with Gasteiger partial charge in [-0.1, -0.05) is 30.3 Å². The number of rotatable bonds is 5. The van der Waals surface area contributed by atoms with Crippen molar-refractivity contribution in [1.82, 2.24) is 0 Å². The van der Waals surface area contributed by atoms with E-state index in [1.54, 1.807) is 12.1 Å². The van der Waals surface area contributed by atoms with Crippen molar-refractivity contribution in [3.8, 4) is 11.8 Å². The van der Waals surface area contributed by atoms with Crippen molar-refractivity contribution in [2.24, 2.45) is 0 Å². The third-order valence-corrected chi connectivity index (χ3v) is 2.71. The van der Waals surface area contributed by atoms with Crippen LogP contribution in [0.25, 0.3) is 0 Å². The topological polar surface area (TPSA) is 56.9 Å². The Labute approximate surface area is 112 Å². The second-order valence-corrected chi connectivity index (χ2v) is 4.11. The summed E-state index contributed by atoms with van der Waals surface area (Å²) in [6.45, 7) is 0.524. The maximum atomic E-state index is 8.55. The van der Waals surface area contributed by atoms with Crippen LogP contribution in [0.5, 0.6) is 5.75 Å². The SMILES string of the molecule is N#CCC(=N)c1ccc(OCc2ccccc2)cc1. The summed E-state index contributed by atoms with van der Waals surface area (Å²) in [5.41, 5.74) is 2.20. The van der Waals surface area contributed by atoms with E-state index in [0.29, 0.717) is 12.3 Å². The van der Waals surface area contributed by atoms with Crippen molar-refractivity contribution in [2.75, 3.05) is 0 Å². The van der Waals surface area contributed by atoms with Gasteiger partial charge in [0.15, 0.2) is 0 Å². The van der Waals surface area contributed by atoms with Crippen LogP contribution in [0.4, 0.5) is 0 Å². The number of nitriles is 1. The fourth-order valence-corrected chi connectivity index (χ4v) is 1.67. The van der Waals surface area contributed by atoms with E-state index in [4.69, 9.17) is 15.4 Å². The molecule has 2 aromatic rings. The highest BCUT2D eigenvalue weighted by Crippen LogP contribution is 2.15. The van der Waals surface area contributed by atoms with Crippen LogP contribution in [0.3, 0.4) is 0 Å². The van der Waals surface area contributed by atoms with Gasteiger partial charge in [-0.3, -0.25) is 0 Å². The molecule has 0 bridgehead atoms. The molecule has 3 nitrogen and oxygen atoms in total. The van der Waals surface area contributed by atoms with Gasteiger partial charge in [-0.25, -0.2) is 0 Å². The summed E-state index contributed by atoms with van der Waals surface area (Å²) in [6.07, 6.45) is 0.129. The van der Waals surface area contributed by atoms with Gasteiger partial charge >= 0.3 is 0 Å². The predicted molar refractivity (Wildman–Crippen MR) is 74.3 cm³/mol. The first-order valence-corrected chi connectivity index (χ1v) is 6.01. The molecule has 0 atom stereocenters. The molecule has 0 heterocycles. The van der Waals surface area contributed by atoms with Crippen LogP contribution in [0.2, 0.25) is 0 Å². The Morgan fingerprint density at radius 1 is 1.05 bits per heavy atom. The lowest BCUT2D eigenvalue weighted by atomic mass is 10.1. The van der Waals surface area contributed by atoms with E-state index >= 15 is 0 Å². The van der Waals surface area contributed by atoms with Crippen LogP contribution in [0, 0.1) is 16.7 Å². The molecule has 94 valence electrons. The number of hydrogen-bond acceptors (Lipinski definition) is 3. The smallest absolute Gasteiger partial charge is 0.119 e. The normalized spacial score (nSPS) is 9.63. The fourth-order valence-electron chi connectivity index (χ4n) is 1.67. The summed E-state index contributed by atoms with van der Waals surface area (Å²) in [5, 5.41) is 16.2. The van der Waals surface area contributed by atoms with E-state index in [9.17, 15) is 0 Å². The van der Waals surface area contributed by atoms with E-state index < -0.39 is 0 Å². The van der Waals surface area contributed by atoms with Crippen molar-refractivity contribution >= 4 is 5.71 Å². The Kier molecular flexibility index (Phi) is 4.30. The number of hydrogen-bond donors (Lipinski definition) is 1. The van der Waals surface area contributed by atoms with Crippen LogP contribution >= 0.6 is 0 Å². The summed E-state index contributed by atoms with van der Waals surface area (Å²) in [4.78, 5) is 0. The molecular weight excluding hydrogens is 236 g/mol. The summed E-state index contributed by atoms with van der Waals surface area (Å²) in [6, 6.07) is 19.2. The Bertz CT molecular complexity index is 582. The lowest BCUT2D eigenvalue weighted by molar-refractivity contribution is 0.306. The minimum atomic E-state index is 0.129. The van der Waals surface area contributed by atoms with Gasteiger partial charge in [0.25, 0.3) is 0 Å². The zero-order valence-corrected chi connectivity index (χ0v) is 10.5. The maximum Gasteiger partial charge on any atom is 0.119 e. The number of nitrogens with zero attached hydrogens (tertiary/aromatic N) is 1. The molecule has 0 aliphatic carbocycles. The van der Waals surface area contributed by atoms with Crippen LogP contribution < -0.4 is 4.74 Å². The predicted octanol–water partition coefficient (Wildman–Crippen LogP) is 3.55. The Hall–Kier alpha value is -2.60. The molecule has 0 unspecified atom stereocenters. The molecule has 0 saturated heterocycles. The zero-order chi connectivity index (χ0) is 13.5. The molecule has 1 N–H and O–H groups in total. The molecule has 0 radical (unpaired) electrons. The molecule has 0 fully saturated rings. The molecule has 19 heavy (non-hydrogen) atoms. The lowest BCUT2D eigenvalue weighted by Crippen LogP contribution is -1.98. The Morgan fingerprint density at radius 3 is 2.37 bits per heavy atom. The summed E-state index contributed by atoms with van der Waals surface area (Å²) >= 11 is 0. The summed E-state index contributed by atoms with van der Waals surface area (Å²) < 4.78 is 5.65. The van der Waals surface area contributed by atoms with Gasteiger partial charge in [0.2, 0.25) is 0 Å². The van der Waals surface area contributed by atoms with Gasteiger partial charge in [0, 0.05) is 0 Å². The molecule has 0 saturated carbocycles. The second kappa shape index (κ2) is 6.36. The first kappa shape index (κ1) is 12.8. The quantitative estimate of drug-likeness (QED) is 0.825. The van der Waals surface area contributed by atoms with E-state index in [1.807, 2.05) is 48.5 Å². The van der Waals surface area contributed by atoms with E-state index in [0.717, 1.165) is 16.9 Å². The third kappa shape index (κ3) is 3.68. The summed E-state index contributed by atoms with van der Waals surface area (Å²) in [5.74, 6) is 0.761. The van der Waals surface area contributed by atoms with Gasteiger partial charge in [-0.2, -0.15) is 5.26 Å². The van der Waals surface area contributed by atoms with E-state index in [2.05, 4.69) is 0 Å². The Balaban J connectivity index is 1.96. The van der Waals surface area contributed by atoms with Crippen molar-refractivity contribution < 1.29 is 4.74 Å². The van der Waals surface area contributed by atoms with Gasteiger partial charge in [0.05, 0.1) is 18.2 Å². The molecule has 0 aliphatic rings. The first-order valence-electron chi connectivity index (χ1n) is 6.01. The molecule has 0 amide bonds. The molecule has 0 aliphatic heterocycles. The van der Waals surface area contributed by atoms with Crippen LogP contribution in [-0.2, 0) is 6.61 Å². The number of nitrogens with one attached hydrogen (secondary N) is 1. The lowest BCUT2D eigenvalue weighted by Gasteiger charge is -2.07. The van der Waals surface area contributed by atoms with Crippen LogP contribution in [0.1, 0.15) is 17.5 Å². The first-order chi connectivity index (χ1) is 9.29. The van der Waals surface area contributed by atoms with Crippen molar-refractivity contribution in [2.45, 2.75) is 13.0 Å². The molecule has 0 aromatic heterocycles. The zero-order valence-electron chi connectivity index (χ0n) is 10.5. The second-order valence-electron chi connectivity index (χ2n) is 4.11. The van der Waals surface area contributed by atoms with Gasteiger partial charge in [-0.05, 0) is 35.4 Å². The fraction of sp³-hybridized carbons (Fsp3) is 0.125. The molecular formula is C16H14N2O. The maximum absolute atomic E-state index is 8.55. The van der Waals surface area contributed by atoms with E-state index in [1.165, 1.54) is 0 Å². The van der Waals surface area contributed by atoms with Crippen molar-refractivity contribution in [1.29, 1.82) is 10.7 Å². The van der Waals surface area contributed by atoms with Gasteiger partial charge < -0.3 is 10.1 Å². The molecule has 0 spiro atoms. The molecule has 2 rings (SSSR count). The highest BCUT2D eigenvalue weighted by atomic mass is 16.5. The number of ether oxygens (including phenoxy) is 1. The Morgan fingerprint density at radius 2 is 1.74 bits per heavy atom. The van der Waals surface area contributed by atoms with Crippen molar-refractivity contribution in [3.63, 3.8) is 0 Å². The van der Waals surface area contributed by atoms with Crippen molar-refractivity contribution in [3.05, 3.63) is 65.7 Å². The average molecular weight is 250 g/mol. The minimum absolute atomic E-state index is 0.129. The third-order valence-electron chi connectivity index (χ3n) is 2.71. The van der Waals surface area contributed by atoms with Crippen LogP contribution in [-0.4, -0.2) is 5.71 Å². The largest absolute Gasteiger partial charge is 0.489 e. The van der Waals surface area contributed by atoms with Gasteiger partial charge in [-0.15, -0.1) is 0 Å². The monoisotopic (exact) mass is 250 g/mol. The highest BCUT2D eigenvalue weighted by Gasteiger charge is 2.01. The summed E-state index contributed by atoms with van der Waals surface area (Å²) in [7, 11) is 0. The highest BCUT2D eigenvalue weighted by molar-refractivity contribution is 5.99. The number of benzene rings is 2. The standard InChI is InChI=1S/C16H14N2O/c17-11-10-16(18)14-6-8-15(9-7-14)19-12-13-4-2-1-3-5-13/h1-9,18H,10,12H2. The van der Waals surface area contributed by atoms with E-state index in [-0.39, 0.29) is 6.42 Å².